The Morgan fingerprint density at radius 3 is 2.12 bits per heavy atom. The van der Waals surface area contributed by atoms with Crippen LogP contribution in [0.5, 0.6) is 0 Å². The van der Waals surface area contributed by atoms with Crippen LogP contribution in [0.15, 0.2) is 54.6 Å². The minimum atomic E-state index is 0. The van der Waals surface area contributed by atoms with Crippen LogP contribution in [0.3, 0.4) is 0 Å². The Labute approximate surface area is 104 Å². The highest BCUT2D eigenvalue weighted by molar-refractivity contribution is 5.64. The second kappa shape index (κ2) is 5.54. The van der Waals surface area contributed by atoms with E-state index in [2.05, 4.69) is 13.0 Å². The van der Waals surface area contributed by atoms with Crippen molar-refractivity contribution in [2.75, 3.05) is 5.01 Å². The van der Waals surface area contributed by atoms with Gasteiger partial charge in [0.25, 0.3) is 0 Å². The van der Waals surface area contributed by atoms with Gasteiger partial charge in [0, 0.05) is 0 Å². The van der Waals surface area contributed by atoms with E-state index in [1.807, 2.05) is 48.5 Å². The highest BCUT2D eigenvalue weighted by Crippen LogP contribution is 2.24. The van der Waals surface area contributed by atoms with Gasteiger partial charge in [0.2, 0.25) is 0 Å². The molecule has 2 N–H and O–H groups in total. The summed E-state index contributed by atoms with van der Waals surface area (Å²) in [6, 6.07) is 18.0. The molecule has 0 aliphatic heterocycles. The zero-order chi connectivity index (χ0) is 10.7. The zero-order valence-corrected chi connectivity index (χ0v) is 9.85. The number of hydrazine groups is 1. The molecule has 0 atom stereocenters. The molecule has 2 aromatic carbocycles. The number of rotatable bonds is 2. The summed E-state index contributed by atoms with van der Waals surface area (Å²) >= 11 is 0. The fourth-order valence-corrected chi connectivity index (χ4v) is 1.56. The number of nitrogens with zero attached hydrogens (tertiary/aromatic N) is 1. The van der Waals surface area contributed by atoms with Gasteiger partial charge in [-0.3, -0.25) is 5.01 Å². The molecule has 0 heterocycles. The topological polar surface area (TPSA) is 29.3 Å². The molecular weight excluding hydrogens is 220 g/mol. The summed E-state index contributed by atoms with van der Waals surface area (Å²) in [7, 11) is 0. The van der Waals surface area contributed by atoms with Gasteiger partial charge in [0.15, 0.2) is 0 Å². The van der Waals surface area contributed by atoms with E-state index in [9.17, 15) is 0 Å². The Morgan fingerprint density at radius 2 is 1.50 bits per heavy atom. The van der Waals surface area contributed by atoms with E-state index in [0.717, 1.165) is 11.4 Å². The maximum absolute atomic E-state index is 6.05. The molecule has 0 saturated heterocycles. The number of para-hydroxylation sites is 2. The van der Waals surface area contributed by atoms with E-state index in [-0.39, 0.29) is 13.8 Å². The minimum absolute atomic E-state index is 0. The first-order chi connectivity index (χ1) is 7.29. The summed E-state index contributed by atoms with van der Waals surface area (Å²) in [6.45, 7) is 2.05. The summed E-state index contributed by atoms with van der Waals surface area (Å²) in [5.74, 6) is 6.05. The summed E-state index contributed by atoms with van der Waals surface area (Å²) in [5, 5.41) is 1.70. The van der Waals surface area contributed by atoms with Crippen LogP contribution < -0.4 is 23.3 Å². The zero-order valence-electron chi connectivity index (χ0n) is 10.1. The first-order valence-corrected chi connectivity index (χ1v) is 4.94. The smallest absolute Gasteiger partial charge is 1.00 e. The lowest BCUT2D eigenvalue weighted by Crippen LogP contribution is -3.00. The van der Waals surface area contributed by atoms with Crippen LogP contribution >= 0.6 is 0 Å². The Balaban J connectivity index is 0.00000128. The van der Waals surface area contributed by atoms with Crippen LogP contribution in [-0.2, 0) is 0 Å². The summed E-state index contributed by atoms with van der Waals surface area (Å²) < 4.78 is 0. The van der Waals surface area contributed by atoms with Crippen molar-refractivity contribution in [1.82, 2.24) is 0 Å². The Hall–Kier alpha value is -1.51. The van der Waals surface area contributed by atoms with E-state index in [4.69, 9.17) is 5.84 Å². The Morgan fingerprint density at radius 1 is 0.938 bits per heavy atom. The van der Waals surface area contributed by atoms with Crippen molar-refractivity contribution in [2.24, 2.45) is 5.84 Å². The van der Waals surface area contributed by atoms with Gasteiger partial charge in [-0.15, -0.1) is 0 Å². The third-order valence-corrected chi connectivity index (χ3v) is 2.41. The molecule has 0 bridgehead atoms. The SMILES string of the molecule is Cc1ccccc1N(N)c1ccccc1.[Cl-].[H+]. The number of benzene rings is 2. The maximum atomic E-state index is 6.05. The molecule has 2 aromatic rings. The fraction of sp³-hybridized carbons (Fsp3) is 0.0769. The molecule has 0 fully saturated rings. The van der Waals surface area contributed by atoms with Crippen molar-refractivity contribution in [1.29, 1.82) is 0 Å². The van der Waals surface area contributed by atoms with Gasteiger partial charge in [0.05, 0.1) is 11.4 Å². The molecule has 2 rings (SSSR count). The average Bonchev–Trinajstić information content (AvgIpc) is 2.30. The summed E-state index contributed by atoms with van der Waals surface area (Å²) in [6.07, 6.45) is 0. The third-order valence-electron chi connectivity index (χ3n) is 2.41. The fourth-order valence-electron chi connectivity index (χ4n) is 1.56. The first-order valence-electron chi connectivity index (χ1n) is 4.94. The quantitative estimate of drug-likeness (QED) is 0.591. The molecule has 0 radical (unpaired) electrons. The van der Waals surface area contributed by atoms with Crippen molar-refractivity contribution in [2.45, 2.75) is 6.92 Å². The average molecular weight is 235 g/mol. The molecule has 3 heteroatoms. The number of hydrogen-bond acceptors (Lipinski definition) is 2. The largest absolute Gasteiger partial charge is 1.00 e. The molecule has 0 spiro atoms. The molecule has 0 unspecified atom stereocenters. The Bertz CT molecular complexity index is 448. The van der Waals surface area contributed by atoms with Crippen molar-refractivity contribution in [3.8, 4) is 0 Å². The van der Waals surface area contributed by atoms with E-state index in [0.29, 0.717) is 0 Å². The molecule has 0 aromatic heterocycles. The van der Waals surface area contributed by atoms with Gasteiger partial charge in [-0.1, -0.05) is 36.4 Å². The minimum Gasteiger partial charge on any atom is -1.00 e. The van der Waals surface area contributed by atoms with Gasteiger partial charge in [-0.25, -0.2) is 5.84 Å². The highest BCUT2D eigenvalue weighted by Gasteiger charge is 2.05. The summed E-state index contributed by atoms with van der Waals surface area (Å²) in [4.78, 5) is 0. The van der Waals surface area contributed by atoms with E-state index >= 15 is 0 Å². The van der Waals surface area contributed by atoms with E-state index in [1.165, 1.54) is 5.56 Å². The number of aryl methyl sites for hydroxylation is 1. The van der Waals surface area contributed by atoms with Gasteiger partial charge >= 0.3 is 1.43 Å². The second-order valence-electron chi connectivity index (χ2n) is 3.49. The molecule has 0 amide bonds. The molecule has 0 aliphatic rings. The standard InChI is InChI=1S/C13H14N2.ClH/c1-11-7-5-6-10-13(11)15(14)12-8-3-2-4-9-12;/h2-10H,14H2,1H3;1H. The predicted octanol–water partition coefficient (Wildman–Crippen LogP) is 0.123. The molecule has 2 nitrogen and oxygen atoms in total. The van der Waals surface area contributed by atoms with Crippen LogP contribution in [0, 0.1) is 6.92 Å². The van der Waals surface area contributed by atoms with Gasteiger partial charge in [-0.05, 0) is 30.7 Å². The molecule has 0 aliphatic carbocycles. The van der Waals surface area contributed by atoms with E-state index < -0.39 is 0 Å². The van der Waals surface area contributed by atoms with Crippen LogP contribution in [0.1, 0.15) is 6.99 Å². The normalized spacial score (nSPS) is 9.38. The molecule has 16 heavy (non-hydrogen) atoms. The lowest BCUT2D eigenvalue weighted by atomic mass is 10.2. The monoisotopic (exact) mass is 234 g/mol. The second-order valence-corrected chi connectivity index (χ2v) is 3.49. The van der Waals surface area contributed by atoms with Crippen molar-refractivity contribution in [3.05, 3.63) is 60.2 Å². The maximum Gasteiger partial charge on any atom is 1.00 e. The van der Waals surface area contributed by atoms with Crippen LogP contribution in [0.2, 0.25) is 0 Å². The van der Waals surface area contributed by atoms with Gasteiger partial charge in [-0.2, -0.15) is 0 Å². The molecule has 84 valence electrons. The number of anilines is 2. The van der Waals surface area contributed by atoms with Crippen LogP contribution in [0.4, 0.5) is 11.4 Å². The van der Waals surface area contributed by atoms with Crippen LogP contribution in [0.25, 0.3) is 0 Å². The number of nitrogens with two attached hydrogens (primary N) is 1. The van der Waals surface area contributed by atoms with Crippen molar-refractivity contribution >= 4 is 11.4 Å². The van der Waals surface area contributed by atoms with Gasteiger partial charge < -0.3 is 12.4 Å². The van der Waals surface area contributed by atoms with Crippen molar-refractivity contribution < 1.29 is 13.8 Å². The lowest BCUT2D eigenvalue weighted by molar-refractivity contribution is -0.00000311. The van der Waals surface area contributed by atoms with E-state index in [1.54, 1.807) is 5.01 Å². The predicted molar refractivity (Wildman–Crippen MR) is 65.1 cm³/mol. The van der Waals surface area contributed by atoms with Crippen molar-refractivity contribution in [3.63, 3.8) is 0 Å². The highest BCUT2D eigenvalue weighted by atomic mass is 35.5. The molecular formula is C13H15ClN2. The van der Waals surface area contributed by atoms with Gasteiger partial charge in [0.1, 0.15) is 0 Å². The third kappa shape index (κ3) is 2.54. The number of halogens is 1. The summed E-state index contributed by atoms with van der Waals surface area (Å²) in [5.41, 5.74) is 3.19. The first kappa shape index (κ1) is 12.6. The molecule has 0 saturated carbocycles. The van der Waals surface area contributed by atoms with Crippen LogP contribution in [-0.4, -0.2) is 0 Å². The Kier molecular flexibility index (Phi) is 4.35. The lowest BCUT2D eigenvalue weighted by Gasteiger charge is -2.20. The number of hydrogen-bond donors (Lipinski definition) is 1.